The van der Waals surface area contributed by atoms with E-state index >= 15 is 0 Å². The van der Waals surface area contributed by atoms with Crippen molar-refractivity contribution in [3.05, 3.63) is 139 Å². The zero-order chi connectivity index (χ0) is 34.6. The van der Waals surface area contributed by atoms with Gasteiger partial charge in [0.1, 0.15) is 0 Å². The van der Waals surface area contributed by atoms with Crippen LogP contribution in [0, 0.1) is 0 Å². The van der Waals surface area contributed by atoms with Gasteiger partial charge in [-0.15, -0.1) is 0 Å². The summed E-state index contributed by atoms with van der Waals surface area (Å²) in [5.74, 6) is -1.70. The molecule has 0 saturated carbocycles. The predicted molar refractivity (Wildman–Crippen MR) is 198 cm³/mol. The second-order valence-corrected chi connectivity index (χ2v) is 14.4. The molecule has 0 radical (unpaired) electrons. The molecule has 0 amide bonds. The molecule has 0 atom stereocenters. The number of unbranched alkanes of at least 4 members (excludes halogenated alkanes) is 7. The fraction of sp³-hybridized carbons (Fsp3) is 0.350. The smallest absolute Gasteiger partial charge is 0.304 e. The number of carboxylic acid groups (broad SMARTS) is 2. The predicted octanol–water partition coefficient (Wildman–Crippen LogP) is 12.4. The number of benzene rings is 4. The van der Waals surface area contributed by atoms with E-state index in [1.165, 1.54) is 0 Å². The van der Waals surface area contributed by atoms with E-state index in [4.69, 9.17) is 46.4 Å². The lowest BCUT2D eigenvalue weighted by Crippen LogP contribution is -2.31. The van der Waals surface area contributed by atoms with Gasteiger partial charge in [-0.25, -0.2) is 0 Å². The average Bonchev–Trinajstić information content (AvgIpc) is 3.05. The third-order valence-corrected chi connectivity index (χ3v) is 10.5. The quantitative estimate of drug-likeness (QED) is 0.0943. The number of carboxylic acids is 2. The van der Waals surface area contributed by atoms with Gasteiger partial charge in [-0.3, -0.25) is 9.59 Å². The minimum absolute atomic E-state index is 0.0221. The monoisotopic (exact) mass is 726 g/mol. The van der Waals surface area contributed by atoms with Crippen LogP contribution in [0.2, 0.25) is 20.1 Å². The second-order valence-electron chi connectivity index (χ2n) is 12.7. The van der Waals surface area contributed by atoms with Crippen LogP contribution in [0.1, 0.15) is 99.3 Å². The molecule has 0 bridgehead atoms. The molecule has 0 heterocycles. The Morgan fingerprint density at radius 2 is 0.604 bits per heavy atom. The number of aliphatic carboxylic acids is 2. The Kier molecular flexibility index (Phi) is 14.3. The topological polar surface area (TPSA) is 74.6 Å². The molecule has 4 rings (SSSR count). The van der Waals surface area contributed by atoms with Gasteiger partial charge in [-0.05, 0) is 83.6 Å². The van der Waals surface area contributed by atoms with Gasteiger partial charge in [-0.2, -0.15) is 0 Å². The van der Waals surface area contributed by atoms with Gasteiger partial charge in [-0.1, -0.05) is 146 Å². The lowest BCUT2D eigenvalue weighted by molar-refractivity contribution is -0.139. The van der Waals surface area contributed by atoms with Crippen molar-refractivity contribution in [3.63, 3.8) is 0 Å². The van der Waals surface area contributed by atoms with Crippen molar-refractivity contribution in [1.29, 1.82) is 0 Å². The van der Waals surface area contributed by atoms with Crippen LogP contribution in [0.15, 0.2) is 97.1 Å². The molecule has 0 aromatic heterocycles. The molecule has 4 aromatic rings. The van der Waals surface area contributed by atoms with E-state index in [0.717, 1.165) is 73.6 Å². The van der Waals surface area contributed by atoms with Crippen LogP contribution < -0.4 is 0 Å². The fourth-order valence-electron chi connectivity index (χ4n) is 7.00. The minimum Gasteiger partial charge on any atom is -0.481 e. The third kappa shape index (κ3) is 10.2. The van der Waals surface area contributed by atoms with Crippen molar-refractivity contribution < 1.29 is 19.8 Å². The highest BCUT2D eigenvalue weighted by Crippen LogP contribution is 2.43. The Balaban J connectivity index is 1.33. The number of hydrogen-bond acceptors (Lipinski definition) is 2. The molecule has 0 fully saturated rings. The van der Waals surface area contributed by atoms with Crippen LogP contribution in [-0.2, 0) is 20.4 Å². The first-order valence-electron chi connectivity index (χ1n) is 16.5. The molecule has 254 valence electrons. The van der Waals surface area contributed by atoms with Crippen molar-refractivity contribution in [2.24, 2.45) is 0 Å². The van der Waals surface area contributed by atoms with Crippen LogP contribution in [0.25, 0.3) is 0 Å². The van der Waals surface area contributed by atoms with Crippen molar-refractivity contribution in [1.82, 2.24) is 0 Å². The van der Waals surface area contributed by atoms with Crippen LogP contribution in [-0.4, -0.2) is 22.2 Å². The molecule has 0 spiro atoms. The van der Waals surface area contributed by atoms with Crippen LogP contribution in [0.4, 0.5) is 0 Å². The number of halogens is 4. The fourth-order valence-corrected chi connectivity index (χ4v) is 7.51. The van der Waals surface area contributed by atoms with Crippen molar-refractivity contribution in [2.75, 3.05) is 0 Å². The van der Waals surface area contributed by atoms with Crippen molar-refractivity contribution >= 4 is 58.3 Å². The first-order valence-corrected chi connectivity index (χ1v) is 18.0. The van der Waals surface area contributed by atoms with Gasteiger partial charge < -0.3 is 10.2 Å². The Bertz CT molecular complexity index is 1390. The zero-order valence-electron chi connectivity index (χ0n) is 26.9. The first kappa shape index (κ1) is 37.8. The standard InChI is InChI=1S/C40H42Cl4O4/c41-33-17-9-29(10-18-33)39(27-37(45)46,30-11-19-34(42)20-12-30)25-7-5-3-1-2-4-6-8-26-40(28-38(47)48,31-13-21-35(43)22-14-31)32-15-23-36(44)24-16-32/h9-24H,1-8,25-28H2,(H,45,46)(H,47,48). The molecule has 0 unspecified atom stereocenters. The van der Waals surface area contributed by atoms with Gasteiger partial charge in [0.05, 0.1) is 12.8 Å². The van der Waals surface area contributed by atoms with Gasteiger partial charge in [0.25, 0.3) is 0 Å². The molecular formula is C40H42Cl4O4. The Morgan fingerprint density at radius 3 is 0.812 bits per heavy atom. The highest BCUT2D eigenvalue weighted by molar-refractivity contribution is 6.31. The summed E-state index contributed by atoms with van der Waals surface area (Å²) < 4.78 is 0. The van der Waals surface area contributed by atoms with Gasteiger partial charge in [0.2, 0.25) is 0 Å². The van der Waals surface area contributed by atoms with Crippen LogP contribution >= 0.6 is 46.4 Å². The molecule has 0 saturated heterocycles. The Morgan fingerprint density at radius 1 is 0.396 bits per heavy atom. The van der Waals surface area contributed by atoms with E-state index in [1.807, 2.05) is 97.1 Å². The summed E-state index contributed by atoms with van der Waals surface area (Å²) in [6.45, 7) is 0. The summed E-state index contributed by atoms with van der Waals surface area (Å²) >= 11 is 24.7. The summed E-state index contributed by atoms with van der Waals surface area (Å²) in [6.07, 6.45) is 9.41. The molecule has 0 aliphatic carbocycles. The summed E-state index contributed by atoms with van der Waals surface area (Å²) in [4.78, 5) is 24.3. The van der Waals surface area contributed by atoms with Crippen LogP contribution in [0.5, 0.6) is 0 Å². The maximum absolute atomic E-state index is 12.2. The van der Waals surface area contributed by atoms with Gasteiger partial charge in [0.15, 0.2) is 0 Å². The third-order valence-electron chi connectivity index (χ3n) is 9.45. The largest absolute Gasteiger partial charge is 0.481 e. The zero-order valence-corrected chi connectivity index (χ0v) is 30.0. The summed E-state index contributed by atoms with van der Waals surface area (Å²) in [7, 11) is 0. The highest BCUT2D eigenvalue weighted by Gasteiger charge is 2.37. The van der Waals surface area contributed by atoms with Crippen molar-refractivity contribution in [2.45, 2.75) is 87.9 Å². The average molecular weight is 729 g/mol. The second kappa shape index (κ2) is 18.1. The lowest BCUT2D eigenvalue weighted by Gasteiger charge is -2.34. The summed E-state index contributed by atoms with van der Waals surface area (Å²) in [5.41, 5.74) is 2.39. The Hall–Kier alpha value is -3.02. The molecule has 2 N–H and O–H groups in total. The van der Waals surface area contributed by atoms with E-state index in [-0.39, 0.29) is 12.8 Å². The van der Waals surface area contributed by atoms with E-state index in [2.05, 4.69) is 0 Å². The van der Waals surface area contributed by atoms with E-state index in [9.17, 15) is 19.8 Å². The first-order chi connectivity index (χ1) is 23.0. The number of rotatable bonds is 19. The maximum atomic E-state index is 12.2. The number of carbonyl (C=O) groups is 2. The number of hydrogen-bond donors (Lipinski definition) is 2. The molecular weight excluding hydrogens is 686 g/mol. The normalized spacial score (nSPS) is 11.8. The molecule has 4 nitrogen and oxygen atoms in total. The highest BCUT2D eigenvalue weighted by atomic mass is 35.5. The lowest BCUT2D eigenvalue weighted by atomic mass is 9.68. The molecule has 8 heteroatoms. The minimum atomic E-state index is -0.848. The molecule has 0 aliphatic heterocycles. The van der Waals surface area contributed by atoms with Gasteiger partial charge >= 0.3 is 11.9 Å². The SMILES string of the molecule is O=C(O)CC(CCCCCCCCCCC(CC(=O)O)(c1ccc(Cl)cc1)c1ccc(Cl)cc1)(c1ccc(Cl)cc1)c1ccc(Cl)cc1. The van der Waals surface area contributed by atoms with E-state index in [1.54, 1.807) is 0 Å². The summed E-state index contributed by atoms with van der Waals surface area (Å²) in [6, 6.07) is 30.0. The summed E-state index contributed by atoms with van der Waals surface area (Å²) in [5, 5.41) is 22.4. The Labute approximate surface area is 304 Å². The maximum Gasteiger partial charge on any atom is 0.304 e. The van der Waals surface area contributed by atoms with E-state index < -0.39 is 22.8 Å². The molecule has 48 heavy (non-hydrogen) atoms. The van der Waals surface area contributed by atoms with Crippen molar-refractivity contribution in [3.8, 4) is 0 Å². The van der Waals surface area contributed by atoms with Crippen LogP contribution in [0.3, 0.4) is 0 Å². The molecule has 0 aliphatic rings. The molecule has 4 aromatic carbocycles. The van der Waals surface area contributed by atoms with Gasteiger partial charge in [0, 0.05) is 30.9 Å². The van der Waals surface area contributed by atoms with E-state index in [0.29, 0.717) is 32.9 Å².